The zero-order chi connectivity index (χ0) is 12.8. The Morgan fingerprint density at radius 1 is 1.19 bits per heavy atom. The van der Waals surface area contributed by atoms with Crippen LogP contribution in [-0.4, -0.2) is 37.6 Å². The molecule has 0 aliphatic carbocycles. The highest BCUT2D eigenvalue weighted by Crippen LogP contribution is 2.34. The van der Waals surface area contributed by atoms with Gasteiger partial charge >= 0.3 is 6.18 Å². The molecule has 1 unspecified atom stereocenters. The molecule has 16 heavy (non-hydrogen) atoms. The van der Waals surface area contributed by atoms with Crippen LogP contribution in [0.4, 0.5) is 22.0 Å². The van der Waals surface area contributed by atoms with Crippen LogP contribution in [0.3, 0.4) is 0 Å². The first-order valence-corrected chi connectivity index (χ1v) is 5.27. The number of rotatable bonds is 2. The lowest BCUT2D eigenvalue weighted by Gasteiger charge is -2.34. The monoisotopic (exact) mass is 247 g/mol. The minimum atomic E-state index is -4.11. The van der Waals surface area contributed by atoms with E-state index in [4.69, 9.17) is 0 Å². The molecule has 1 rings (SSSR count). The van der Waals surface area contributed by atoms with Gasteiger partial charge in [0.05, 0.1) is 13.1 Å². The third kappa shape index (κ3) is 4.63. The highest BCUT2D eigenvalue weighted by molar-refractivity contribution is 4.77. The third-order valence-electron chi connectivity index (χ3n) is 2.73. The van der Waals surface area contributed by atoms with Gasteiger partial charge in [-0.2, -0.15) is 13.2 Å². The second kappa shape index (κ2) is 7.04. The molecule has 1 nitrogen and oxygen atoms in total. The van der Waals surface area contributed by atoms with Crippen LogP contribution in [0.15, 0.2) is 0 Å². The summed E-state index contributed by atoms with van der Waals surface area (Å²) in [5, 5.41) is 0. The van der Waals surface area contributed by atoms with Gasteiger partial charge in [-0.3, -0.25) is 9.29 Å². The molecule has 0 spiro atoms. The van der Waals surface area contributed by atoms with E-state index >= 15 is 0 Å². The van der Waals surface area contributed by atoms with Crippen molar-refractivity contribution in [3.63, 3.8) is 0 Å². The Balaban J connectivity index is 0.00000106. The van der Waals surface area contributed by atoms with E-state index < -0.39 is 18.4 Å². The van der Waals surface area contributed by atoms with Crippen molar-refractivity contribution in [2.45, 2.75) is 38.7 Å². The van der Waals surface area contributed by atoms with E-state index in [0.29, 0.717) is 13.6 Å². The van der Waals surface area contributed by atoms with Crippen molar-refractivity contribution >= 4 is 0 Å². The van der Waals surface area contributed by atoms with E-state index in [9.17, 15) is 22.0 Å². The van der Waals surface area contributed by atoms with Crippen molar-refractivity contribution < 1.29 is 22.0 Å². The SMILES string of the molecule is CCC(F)N1CCC(C(F)(F)F)CC1.CF. The Morgan fingerprint density at radius 3 is 1.94 bits per heavy atom. The highest BCUT2D eigenvalue weighted by atomic mass is 19.4. The molecule has 98 valence electrons. The summed E-state index contributed by atoms with van der Waals surface area (Å²) >= 11 is 0. The van der Waals surface area contributed by atoms with E-state index in [0.717, 1.165) is 0 Å². The van der Waals surface area contributed by atoms with Crippen LogP contribution in [0.1, 0.15) is 26.2 Å². The maximum Gasteiger partial charge on any atom is 0.391 e. The van der Waals surface area contributed by atoms with Crippen LogP contribution in [0.25, 0.3) is 0 Å². The lowest BCUT2D eigenvalue weighted by molar-refractivity contribution is -0.187. The standard InChI is InChI=1S/C9H15F4N.CH3F/c1-2-8(10)14-5-3-7(4-6-14)9(11,12)13;1-2/h7-8H,2-6H2,1H3;1H3. The minimum absolute atomic E-state index is 0.0317. The number of nitrogens with zero attached hydrogens (tertiary/aromatic N) is 1. The molecule has 1 atom stereocenters. The van der Waals surface area contributed by atoms with E-state index in [-0.39, 0.29) is 25.9 Å². The number of alkyl halides is 5. The Morgan fingerprint density at radius 2 is 1.62 bits per heavy atom. The fourth-order valence-corrected chi connectivity index (χ4v) is 1.77. The summed E-state index contributed by atoms with van der Waals surface area (Å²) < 4.78 is 59.3. The largest absolute Gasteiger partial charge is 0.391 e. The number of piperidine rings is 1. The number of halogens is 5. The van der Waals surface area contributed by atoms with Crippen LogP contribution in [-0.2, 0) is 0 Å². The lowest BCUT2D eigenvalue weighted by Crippen LogP contribution is -2.42. The molecule has 1 heterocycles. The van der Waals surface area contributed by atoms with Crippen LogP contribution in [0.5, 0.6) is 0 Å². The Bertz CT molecular complexity index is 175. The fourth-order valence-electron chi connectivity index (χ4n) is 1.77. The molecular weight excluding hydrogens is 229 g/mol. The van der Waals surface area contributed by atoms with Crippen molar-refractivity contribution in [2.24, 2.45) is 5.92 Å². The molecule has 0 N–H and O–H groups in total. The van der Waals surface area contributed by atoms with Gasteiger partial charge in [-0.1, -0.05) is 6.92 Å². The van der Waals surface area contributed by atoms with E-state index in [2.05, 4.69) is 0 Å². The highest BCUT2D eigenvalue weighted by Gasteiger charge is 2.41. The predicted molar refractivity (Wildman–Crippen MR) is 52.6 cm³/mol. The summed E-state index contributed by atoms with van der Waals surface area (Å²) in [4.78, 5) is 1.49. The van der Waals surface area contributed by atoms with Crippen LogP contribution >= 0.6 is 0 Å². The molecule has 0 amide bonds. The van der Waals surface area contributed by atoms with Crippen LogP contribution < -0.4 is 0 Å². The first-order valence-electron chi connectivity index (χ1n) is 5.27. The summed E-state index contributed by atoms with van der Waals surface area (Å²) in [6, 6.07) is 0. The van der Waals surface area contributed by atoms with Gasteiger partial charge in [-0.15, -0.1) is 0 Å². The summed E-state index contributed by atoms with van der Waals surface area (Å²) in [6.45, 7) is 2.14. The third-order valence-corrected chi connectivity index (χ3v) is 2.73. The molecule has 0 aromatic carbocycles. The first-order chi connectivity index (χ1) is 7.45. The summed E-state index contributed by atoms with van der Waals surface area (Å²) in [5.74, 6) is -1.23. The summed E-state index contributed by atoms with van der Waals surface area (Å²) in [7, 11) is 0.500. The normalized spacial score (nSPS) is 21.2. The molecule has 0 saturated carbocycles. The zero-order valence-electron chi connectivity index (χ0n) is 9.53. The second-order valence-corrected chi connectivity index (χ2v) is 3.69. The fraction of sp³-hybridized carbons (Fsp3) is 1.00. The van der Waals surface area contributed by atoms with Gasteiger partial charge in [0.2, 0.25) is 0 Å². The minimum Gasteiger partial charge on any atom is -0.274 e. The molecule has 0 aromatic heterocycles. The predicted octanol–water partition coefficient (Wildman–Crippen LogP) is 3.55. The van der Waals surface area contributed by atoms with E-state index in [1.165, 1.54) is 4.90 Å². The summed E-state index contributed by atoms with van der Waals surface area (Å²) in [5.41, 5.74) is 0. The molecule has 1 aliphatic rings. The molecule has 0 bridgehead atoms. The molecule has 1 fully saturated rings. The molecular formula is C10H18F5N. The maximum atomic E-state index is 13.1. The second-order valence-electron chi connectivity index (χ2n) is 3.69. The van der Waals surface area contributed by atoms with Gasteiger partial charge in [-0.25, -0.2) is 4.39 Å². The van der Waals surface area contributed by atoms with Crippen molar-refractivity contribution in [2.75, 3.05) is 20.3 Å². The number of likely N-dealkylation sites (tertiary alicyclic amines) is 1. The topological polar surface area (TPSA) is 3.24 Å². The van der Waals surface area contributed by atoms with Crippen molar-refractivity contribution in [1.82, 2.24) is 4.90 Å². The Hall–Kier alpha value is -0.390. The Kier molecular flexibility index (Phi) is 6.87. The number of hydrogen-bond donors (Lipinski definition) is 0. The molecule has 0 aromatic rings. The average molecular weight is 247 g/mol. The molecule has 6 heteroatoms. The van der Waals surface area contributed by atoms with Crippen molar-refractivity contribution in [3.8, 4) is 0 Å². The van der Waals surface area contributed by atoms with Gasteiger partial charge < -0.3 is 0 Å². The summed E-state index contributed by atoms with van der Waals surface area (Å²) in [6.07, 6.45) is -4.78. The van der Waals surface area contributed by atoms with Gasteiger partial charge in [0, 0.05) is 13.1 Å². The van der Waals surface area contributed by atoms with E-state index in [1.807, 2.05) is 0 Å². The van der Waals surface area contributed by atoms with Crippen molar-refractivity contribution in [1.29, 1.82) is 0 Å². The average Bonchev–Trinajstić information content (AvgIpc) is 2.30. The van der Waals surface area contributed by atoms with Crippen LogP contribution in [0, 0.1) is 5.92 Å². The molecule has 0 radical (unpaired) electrons. The van der Waals surface area contributed by atoms with Crippen LogP contribution in [0.2, 0.25) is 0 Å². The molecule has 1 aliphatic heterocycles. The van der Waals surface area contributed by atoms with E-state index in [1.54, 1.807) is 6.92 Å². The van der Waals surface area contributed by atoms with Gasteiger partial charge in [0.25, 0.3) is 0 Å². The Labute approximate surface area is 92.6 Å². The number of hydrogen-bond acceptors (Lipinski definition) is 1. The zero-order valence-corrected chi connectivity index (χ0v) is 9.53. The smallest absolute Gasteiger partial charge is 0.274 e. The lowest BCUT2D eigenvalue weighted by atomic mass is 9.96. The van der Waals surface area contributed by atoms with Gasteiger partial charge in [-0.05, 0) is 19.3 Å². The maximum absolute atomic E-state index is 13.1. The van der Waals surface area contributed by atoms with Crippen molar-refractivity contribution in [3.05, 3.63) is 0 Å². The molecule has 1 saturated heterocycles. The first kappa shape index (κ1) is 15.6. The van der Waals surface area contributed by atoms with Gasteiger partial charge in [0.15, 0.2) is 6.30 Å². The van der Waals surface area contributed by atoms with Gasteiger partial charge in [0.1, 0.15) is 0 Å². The quantitative estimate of drug-likeness (QED) is 0.533.